The fourth-order valence-corrected chi connectivity index (χ4v) is 2.60. The van der Waals surface area contributed by atoms with E-state index < -0.39 is 6.04 Å². The first kappa shape index (κ1) is 19.9. The number of nitrogens with one attached hydrogen (secondary N) is 1. The van der Waals surface area contributed by atoms with Crippen LogP contribution in [0, 0.1) is 0 Å². The monoisotopic (exact) mass is 385 g/mol. The molecule has 3 N–H and O–H groups in total. The van der Waals surface area contributed by atoms with E-state index in [1.807, 2.05) is 78.9 Å². The molecule has 6 nitrogen and oxygen atoms in total. The maximum atomic E-state index is 12.8. The van der Waals surface area contributed by atoms with Gasteiger partial charge in [-0.05, 0) is 23.3 Å². The predicted octanol–water partition coefficient (Wildman–Crippen LogP) is 4.01. The molecule has 0 aliphatic heterocycles. The lowest BCUT2D eigenvalue weighted by atomic mass is 10.2. The van der Waals surface area contributed by atoms with Crippen molar-refractivity contribution < 1.29 is 4.79 Å². The lowest BCUT2D eigenvalue weighted by Gasteiger charge is -2.12. The number of carbonyl (C=O) groups excluding carboxylic acids is 1. The third kappa shape index (κ3) is 6.39. The van der Waals surface area contributed by atoms with Gasteiger partial charge >= 0.3 is 0 Å². The van der Waals surface area contributed by atoms with Gasteiger partial charge in [0.25, 0.3) is 5.91 Å². The van der Waals surface area contributed by atoms with Crippen LogP contribution in [0.25, 0.3) is 0 Å². The maximum Gasteiger partial charge on any atom is 0.254 e. The minimum Gasteiger partial charge on any atom is -0.385 e. The highest BCUT2D eigenvalue weighted by Gasteiger charge is 2.22. The molecule has 0 fully saturated rings. The predicted molar refractivity (Wildman–Crippen MR) is 115 cm³/mol. The highest BCUT2D eigenvalue weighted by molar-refractivity contribution is 6.06. The summed E-state index contributed by atoms with van der Waals surface area (Å²) in [7, 11) is 0. The number of amides is 1. The number of hydrogen-bond donors (Lipinski definition) is 2. The number of rotatable bonds is 8. The molecule has 29 heavy (non-hydrogen) atoms. The van der Waals surface area contributed by atoms with E-state index in [4.69, 9.17) is 5.73 Å². The highest BCUT2D eigenvalue weighted by Crippen LogP contribution is 2.12. The molecule has 0 aromatic heterocycles. The zero-order valence-corrected chi connectivity index (χ0v) is 16.0. The Morgan fingerprint density at radius 2 is 1.38 bits per heavy atom. The molecule has 0 bridgehead atoms. The van der Waals surface area contributed by atoms with E-state index in [-0.39, 0.29) is 11.7 Å². The molecule has 3 rings (SSSR count). The molecule has 146 valence electrons. The number of benzene rings is 3. The number of nitrogens with zero attached hydrogens (tertiary/aromatic N) is 3. The average Bonchev–Trinajstić information content (AvgIpc) is 2.78. The van der Waals surface area contributed by atoms with Gasteiger partial charge < -0.3 is 11.1 Å². The minimum absolute atomic E-state index is 0.124. The second-order valence-electron chi connectivity index (χ2n) is 6.38. The summed E-state index contributed by atoms with van der Waals surface area (Å²) in [4.78, 5) is 17.1. The van der Waals surface area contributed by atoms with Crippen LogP contribution >= 0.6 is 0 Å². The van der Waals surface area contributed by atoms with Gasteiger partial charge in [0.2, 0.25) is 6.04 Å². The van der Waals surface area contributed by atoms with Crippen molar-refractivity contribution in [2.75, 3.05) is 0 Å². The minimum atomic E-state index is -0.998. The Kier molecular flexibility index (Phi) is 7.23. The van der Waals surface area contributed by atoms with Crippen LogP contribution < -0.4 is 11.1 Å². The van der Waals surface area contributed by atoms with Crippen LogP contribution in [-0.2, 0) is 17.9 Å². The number of amidine groups is 1. The molecule has 0 saturated heterocycles. The molecule has 1 atom stereocenters. The molecular formula is C23H23N5O. The molecule has 0 aliphatic carbocycles. The van der Waals surface area contributed by atoms with E-state index in [9.17, 15) is 4.79 Å². The third-order valence-corrected chi connectivity index (χ3v) is 4.17. The van der Waals surface area contributed by atoms with Crippen molar-refractivity contribution in [2.24, 2.45) is 21.0 Å². The number of hydrogen-bond acceptors (Lipinski definition) is 4. The lowest BCUT2D eigenvalue weighted by molar-refractivity contribution is -0.121. The number of carbonyl (C=O) groups is 1. The van der Waals surface area contributed by atoms with Crippen LogP contribution in [0.4, 0.5) is 5.69 Å². The first-order valence-corrected chi connectivity index (χ1v) is 9.33. The van der Waals surface area contributed by atoms with E-state index in [1.165, 1.54) is 0 Å². The summed E-state index contributed by atoms with van der Waals surface area (Å²) in [5.41, 5.74) is 8.76. The fourth-order valence-electron chi connectivity index (χ4n) is 2.60. The standard InChI is InChI=1S/C23H23N5O/c24-22(25-16-18-10-4-1-5-11-18)21(28-27-20-14-8-3-9-15-20)23(29)26-17-19-12-6-2-7-13-19/h1-15,21H,16-17H2,(H2,24,25)(H,26,29). The summed E-state index contributed by atoms with van der Waals surface area (Å²) in [6.45, 7) is 0.749. The van der Waals surface area contributed by atoms with E-state index in [2.05, 4.69) is 20.5 Å². The van der Waals surface area contributed by atoms with Gasteiger partial charge in [-0.25, -0.2) is 0 Å². The molecule has 3 aromatic carbocycles. The van der Waals surface area contributed by atoms with Crippen molar-refractivity contribution in [2.45, 2.75) is 19.1 Å². The summed E-state index contributed by atoms with van der Waals surface area (Å²) in [6, 6.07) is 27.5. The Hall–Kier alpha value is -3.80. The average molecular weight is 385 g/mol. The molecular weight excluding hydrogens is 362 g/mol. The van der Waals surface area contributed by atoms with E-state index in [1.54, 1.807) is 12.1 Å². The van der Waals surface area contributed by atoms with E-state index in [0.717, 1.165) is 11.1 Å². The van der Waals surface area contributed by atoms with Gasteiger partial charge in [0.15, 0.2) is 0 Å². The van der Waals surface area contributed by atoms with Crippen LogP contribution in [0.1, 0.15) is 11.1 Å². The van der Waals surface area contributed by atoms with E-state index >= 15 is 0 Å². The zero-order valence-electron chi connectivity index (χ0n) is 16.0. The van der Waals surface area contributed by atoms with Crippen molar-refractivity contribution in [3.63, 3.8) is 0 Å². The molecule has 0 heterocycles. The number of azo groups is 1. The molecule has 1 amide bonds. The Morgan fingerprint density at radius 1 is 0.828 bits per heavy atom. The number of aliphatic imine (C=N–C) groups is 1. The Balaban J connectivity index is 1.74. The van der Waals surface area contributed by atoms with Crippen LogP contribution in [0.3, 0.4) is 0 Å². The van der Waals surface area contributed by atoms with Crippen LogP contribution in [0.5, 0.6) is 0 Å². The lowest BCUT2D eigenvalue weighted by Crippen LogP contribution is -2.42. The van der Waals surface area contributed by atoms with Crippen molar-refractivity contribution in [1.29, 1.82) is 0 Å². The van der Waals surface area contributed by atoms with Crippen LogP contribution in [0.15, 0.2) is 106 Å². The van der Waals surface area contributed by atoms with Crippen LogP contribution in [-0.4, -0.2) is 17.8 Å². The molecule has 3 aromatic rings. The van der Waals surface area contributed by atoms with Crippen molar-refractivity contribution in [3.8, 4) is 0 Å². The summed E-state index contributed by atoms with van der Waals surface area (Å²) in [6.07, 6.45) is 0. The van der Waals surface area contributed by atoms with Gasteiger partial charge in [0.1, 0.15) is 5.84 Å². The summed E-state index contributed by atoms with van der Waals surface area (Å²) >= 11 is 0. The van der Waals surface area contributed by atoms with Crippen LogP contribution in [0.2, 0.25) is 0 Å². The highest BCUT2D eigenvalue weighted by atomic mass is 16.2. The smallest absolute Gasteiger partial charge is 0.254 e. The van der Waals surface area contributed by atoms with Gasteiger partial charge in [-0.2, -0.15) is 10.2 Å². The fraction of sp³-hybridized carbons (Fsp3) is 0.130. The molecule has 0 saturated carbocycles. The van der Waals surface area contributed by atoms with Gasteiger partial charge in [0.05, 0.1) is 12.2 Å². The Morgan fingerprint density at radius 3 is 2.00 bits per heavy atom. The topological polar surface area (TPSA) is 92.2 Å². The van der Waals surface area contributed by atoms with Gasteiger partial charge in [0, 0.05) is 6.54 Å². The van der Waals surface area contributed by atoms with Gasteiger partial charge in [-0.3, -0.25) is 9.79 Å². The Labute approximate surface area is 170 Å². The van der Waals surface area contributed by atoms with Crippen molar-refractivity contribution in [3.05, 3.63) is 102 Å². The van der Waals surface area contributed by atoms with Crippen molar-refractivity contribution in [1.82, 2.24) is 5.32 Å². The summed E-state index contributed by atoms with van der Waals surface area (Å²) < 4.78 is 0. The largest absolute Gasteiger partial charge is 0.385 e. The van der Waals surface area contributed by atoms with Gasteiger partial charge in [-0.15, -0.1) is 0 Å². The van der Waals surface area contributed by atoms with E-state index in [0.29, 0.717) is 18.8 Å². The van der Waals surface area contributed by atoms with Crippen molar-refractivity contribution >= 4 is 17.4 Å². The maximum absolute atomic E-state index is 12.8. The molecule has 1 unspecified atom stereocenters. The van der Waals surface area contributed by atoms with Gasteiger partial charge in [-0.1, -0.05) is 78.9 Å². The first-order valence-electron chi connectivity index (χ1n) is 9.33. The second-order valence-corrected chi connectivity index (χ2v) is 6.38. The molecule has 0 radical (unpaired) electrons. The third-order valence-electron chi connectivity index (χ3n) is 4.17. The summed E-state index contributed by atoms with van der Waals surface area (Å²) in [5.74, 6) is -0.220. The molecule has 0 aliphatic rings. The second kappa shape index (κ2) is 10.5. The normalized spacial score (nSPS) is 12.6. The zero-order chi connectivity index (χ0) is 20.3. The first-order chi connectivity index (χ1) is 14.2. The quantitative estimate of drug-likeness (QED) is 0.348. The number of nitrogens with two attached hydrogens (primary N) is 1. The molecule has 6 heteroatoms. The summed E-state index contributed by atoms with van der Waals surface area (Å²) in [5, 5.41) is 11.2. The SMILES string of the molecule is NC(=NCc1ccccc1)C(N=Nc1ccccc1)C(=O)NCc1ccccc1. The Bertz CT molecular complexity index is 956. The molecule has 0 spiro atoms.